The molecular weight excluding hydrogens is 600 g/mol. The van der Waals surface area contributed by atoms with Crippen LogP contribution in [0.5, 0.6) is 0 Å². The predicted octanol–water partition coefficient (Wildman–Crippen LogP) is 3.55. The summed E-state index contributed by atoms with van der Waals surface area (Å²) in [6, 6.07) is 24.4. The summed E-state index contributed by atoms with van der Waals surface area (Å²) in [5.74, 6) is -0.373. The van der Waals surface area contributed by atoms with E-state index in [0.29, 0.717) is 41.2 Å². The molecule has 2 aromatic heterocycles. The summed E-state index contributed by atoms with van der Waals surface area (Å²) in [4.78, 5) is 40.6. The minimum atomic E-state index is -3.56. The van der Waals surface area contributed by atoms with Gasteiger partial charge in [-0.25, -0.2) is 12.7 Å². The minimum Gasteiger partial charge on any atom is -0.339 e. The van der Waals surface area contributed by atoms with Gasteiger partial charge in [0.2, 0.25) is 10.0 Å². The lowest BCUT2D eigenvalue weighted by Crippen LogP contribution is -2.46. The second-order valence-corrected chi connectivity index (χ2v) is 13.8. The zero-order chi connectivity index (χ0) is 32.1. The highest BCUT2D eigenvalue weighted by molar-refractivity contribution is 7.88. The van der Waals surface area contributed by atoms with E-state index in [-0.39, 0.29) is 35.3 Å². The number of rotatable bonds is 8. The van der Waals surface area contributed by atoms with Gasteiger partial charge in [0.25, 0.3) is 5.91 Å². The van der Waals surface area contributed by atoms with Gasteiger partial charge in [0.05, 0.1) is 17.4 Å². The van der Waals surface area contributed by atoms with E-state index in [1.807, 2.05) is 23.1 Å². The summed E-state index contributed by atoms with van der Waals surface area (Å²) < 4.78 is 28.2. The molecule has 4 heterocycles. The zero-order valence-corrected chi connectivity index (χ0v) is 25.8. The molecule has 11 heteroatoms. The lowest BCUT2D eigenvalue weighted by Gasteiger charge is -2.35. The number of pyridine rings is 2. The third kappa shape index (κ3) is 4.78. The van der Waals surface area contributed by atoms with Crippen LogP contribution in [-0.2, 0) is 26.1 Å². The van der Waals surface area contributed by atoms with Crippen LogP contribution < -0.4 is 0 Å². The first-order valence-electron chi connectivity index (χ1n) is 14.9. The third-order valence-electron chi connectivity index (χ3n) is 9.38. The summed E-state index contributed by atoms with van der Waals surface area (Å²) in [5.41, 5.74) is 1.58. The summed E-state index contributed by atoms with van der Waals surface area (Å²) in [6.45, 7) is 0.596. The van der Waals surface area contributed by atoms with Gasteiger partial charge in [-0.3, -0.25) is 24.5 Å². The van der Waals surface area contributed by atoms with Crippen molar-refractivity contribution in [2.75, 3.05) is 20.1 Å². The second-order valence-electron chi connectivity index (χ2n) is 11.8. The van der Waals surface area contributed by atoms with Crippen LogP contribution in [0, 0.1) is 23.2 Å². The normalized spacial score (nSPS) is 22.9. The lowest BCUT2D eigenvalue weighted by atomic mass is 9.82. The molecule has 0 unspecified atom stereocenters. The molecule has 3 fully saturated rings. The van der Waals surface area contributed by atoms with E-state index in [4.69, 9.17) is 0 Å². The zero-order valence-electron chi connectivity index (χ0n) is 25.0. The maximum absolute atomic E-state index is 15.0. The molecule has 2 saturated heterocycles. The molecular formula is C35H30N6O4S. The number of nitrogens with zero attached hydrogens (tertiary/aromatic N) is 6. The van der Waals surface area contributed by atoms with Crippen molar-refractivity contribution in [1.82, 2.24) is 24.1 Å². The van der Waals surface area contributed by atoms with Crippen LogP contribution in [0.1, 0.15) is 32.6 Å². The number of allylic oxidation sites excluding steroid dienone is 1. The van der Waals surface area contributed by atoms with Crippen molar-refractivity contribution in [3.8, 4) is 6.07 Å². The van der Waals surface area contributed by atoms with E-state index in [9.17, 15) is 18.5 Å². The fraction of sp³-hybridized carbons (Fsp3) is 0.229. The van der Waals surface area contributed by atoms with Crippen molar-refractivity contribution in [3.63, 3.8) is 0 Å². The van der Waals surface area contributed by atoms with Crippen molar-refractivity contribution in [3.05, 3.63) is 143 Å². The van der Waals surface area contributed by atoms with E-state index in [1.165, 1.54) is 10.4 Å². The van der Waals surface area contributed by atoms with Crippen LogP contribution in [0.2, 0.25) is 0 Å². The molecule has 1 amide bonds. The molecule has 2 aromatic carbocycles. The van der Waals surface area contributed by atoms with Gasteiger partial charge in [-0.05, 0) is 65.2 Å². The highest BCUT2D eigenvalue weighted by Crippen LogP contribution is 2.56. The summed E-state index contributed by atoms with van der Waals surface area (Å²) in [7, 11) is -1.76. The number of likely N-dealkylation sites (N-methyl/N-ethyl adjacent to an activating group) is 1. The average Bonchev–Trinajstić information content (AvgIpc) is 3.43. The van der Waals surface area contributed by atoms with Crippen molar-refractivity contribution in [2.24, 2.45) is 11.8 Å². The number of carbonyl (C=O) groups excluding carboxylic acids is 2. The Kier molecular flexibility index (Phi) is 7.26. The molecule has 0 bridgehead atoms. The molecule has 1 aliphatic carbocycles. The third-order valence-corrected chi connectivity index (χ3v) is 11.2. The van der Waals surface area contributed by atoms with Gasteiger partial charge in [0.1, 0.15) is 5.82 Å². The SMILES string of the molecule is CN1C(=CC(=O)c2ccc(C#N)cc2)N(C2[C@H]3CN(S(=O)(=O)Cc4ccccc4)C[C@H]23)C(=O)C1(c1ccncc1)c1ccncc1. The van der Waals surface area contributed by atoms with Crippen LogP contribution in [0.25, 0.3) is 0 Å². The Hall–Kier alpha value is -5.18. The summed E-state index contributed by atoms with van der Waals surface area (Å²) in [6.07, 6.45) is 8.01. The molecule has 230 valence electrons. The van der Waals surface area contributed by atoms with E-state index < -0.39 is 15.6 Å². The van der Waals surface area contributed by atoms with Crippen LogP contribution >= 0.6 is 0 Å². The topological polar surface area (TPSA) is 128 Å². The number of benzene rings is 2. The van der Waals surface area contributed by atoms with E-state index in [2.05, 4.69) is 16.0 Å². The largest absolute Gasteiger partial charge is 0.339 e. The number of carbonyl (C=O) groups is 2. The van der Waals surface area contributed by atoms with E-state index in [0.717, 1.165) is 5.56 Å². The fourth-order valence-corrected chi connectivity index (χ4v) is 8.64. The van der Waals surface area contributed by atoms with Crippen LogP contribution in [-0.4, -0.2) is 70.4 Å². The monoisotopic (exact) mass is 630 g/mol. The first kappa shape index (κ1) is 29.5. The lowest BCUT2D eigenvalue weighted by molar-refractivity contribution is -0.132. The Labute approximate surface area is 267 Å². The maximum Gasteiger partial charge on any atom is 0.263 e. The highest BCUT2D eigenvalue weighted by Gasteiger charge is 2.67. The second kappa shape index (κ2) is 11.3. The molecule has 7 rings (SSSR count). The fourth-order valence-electron chi connectivity index (χ4n) is 7.05. The Bertz CT molecular complexity index is 1930. The molecule has 1 saturated carbocycles. The van der Waals surface area contributed by atoms with Gasteiger partial charge in [0.15, 0.2) is 11.3 Å². The Balaban J connectivity index is 1.27. The van der Waals surface area contributed by atoms with Gasteiger partial charge in [-0.15, -0.1) is 0 Å². The first-order chi connectivity index (χ1) is 22.3. The average molecular weight is 631 g/mol. The minimum absolute atomic E-state index is 0.0815. The Morgan fingerprint density at radius 3 is 2.02 bits per heavy atom. The van der Waals surface area contributed by atoms with Crippen molar-refractivity contribution in [1.29, 1.82) is 5.26 Å². The predicted molar refractivity (Wildman–Crippen MR) is 169 cm³/mol. The molecule has 2 aliphatic heterocycles. The van der Waals surface area contributed by atoms with Crippen molar-refractivity contribution < 1.29 is 18.0 Å². The molecule has 0 N–H and O–H groups in total. The van der Waals surface area contributed by atoms with Crippen LogP contribution in [0.15, 0.2) is 116 Å². The Morgan fingerprint density at radius 2 is 1.48 bits per heavy atom. The first-order valence-corrected chi connectivity index (χ1v) is 16.5. The molecule has 2 atom stereocenters. The number of ketones is 1. The molecule has 0 spiro atoms. The number of piperidine rings is 1. The maximum atomic E-state index is 15.0. The number of amides is 1. The smallest absolute Gasteiger partial charge is 0.263 e. The molecule has 3 aliphatic rings. The number of sulfonamides is 1. The number of hydrogen-bond acceptors (Lipinski definition) is 8. The summed E-state index contributed by atoms with van der Waals surface area (Å²) in [5, 5.41) is 9.21. The van der Waals surface area contributed by atoms with Gasteiger partial charge < -0.3 is 4.90 Å². The van der Waals surface area contributed by atoms with Gasteiger partial charge in [-0.2, -0.15) is 5.26 Å². The standard InChI is InChI=1S/C35H30N6O4S/c1-39-32(19-31(42)26-9-7-24(20-36)8-10-26)41(34(43)35(39,27-11-15-37-16-12-27)28-13-17-38-18-14-28)33-29-21-40(22-30(29)33)46(44,45)23-25-5-3-2-4-6-25/h2-19,29-30,33H,21-23H2,1H3/t29-,30-/m0/s1. The molecule has 0 radical (unpaired) electrons. The number of fused-ring (bicyclic) bond motifs is 1. The van der Waals surface area contributed by atoms with Crippen LogP contribution in [0.4, 0.5) is 0 Å². The van der Waals surface area contributed by atoms with E-state index in [1.54, 1.807) is 97.4 Å². The van der Waals surface area contributed by atoms with Gasteiger partial charge >= 0.3 is 0 Å². The number of aromatic nitrogens is 2. The molecule has 46 heavy (non-hydrogen) atoms. The highest BCUT2D eigenvalue weighted by atomic mass is 32.2. The molecule has 4 aromatic rings. The number of nitriles is 1. The van der Waals surface area contributed by atoms with Gasteiger partial charge in [-0.1, -0.05) is 30.3 Å². The molecule has 10 nitrogen and oxygen atoms in total. The van der Waals surface area contributed by atoms with Crippen molar-refractivity contribution >= 4 is 21.7 Å². The number of hydrogen-bond donors (Lipinski definition) is 0. The van der Waals surface area contributed by atoms with Crippen molar-refractivity contribution in [2.45, 2.75) is 17.3 Å². The van der Waals surface area contributed by atoms with E-state index >= 15 is 4.79 Å². The quantitative estimate of drug-likeness (QED) is 0.214. The van der Waals surface area contributed by atoms with Crippen LogP contribution in [0.3, 0.4) is 0 Å². The Morgan fingerprint density at radius 1 is 0.913 bits per heavy atom. The van der Waals surface area contributed by atoms with Gasteiger partial charge in [0, 0.05) is 74.4 Å². The summed E-state index contributed by atoms with van der Waals surface area (Å²) >= 11 is 0.